The Morgan fingerprint density at radius 2 is 1.77 bits per heavy atom. The highest BCUT2D eigenvalue weighted by Crippen LogP contribution is 2.26. The number of halogens is 1. The van der Waals surface area contributed by atoms with E-state index in [0.717, 1.165) is 42.4 Å². The summed E-state index contributed by atoms with van der Waals surface area (Å²) < 4.78 is 0. The van der Waals surface area contributed by atoms with Gasteiger partial charge in [0.15, 0.2) is 0 Å². The van der Waals surface area contributed by atoms with Crippen LogP contribution in [0.25, 0.3) is 10.9 Å². The molecule has 0 atom stereocenters. The van der Waals surface area contributed by atoms with Gasteiger partial charge in [-0.3, -0.25) is 4.79 Å². The van der Waals surface area contributed by atoms with Gasteiger partial charge in [-0.15, -0.1) is 0 Å². The van der Waals surface area contributed by atoms with Gasteiger partial charge < -0.3 is 15.5 Å². The predicted molar refractivity (Wildman–Crippen MR) is 120 cm³/mol. The number of amides is 1. The number of fused-ring (bicyclic) bond motifs is 1. The highest BCUT2D eigenvalue weighted by Gasteiger charge is 2.24. The van der Waals surface area contributed by atoms with Gasteiger partial charge >= 0.3 is 0 Å². The number of pyridine rings is 1. The molecule has 1 fully saturated rings. The number of aromatic nitrogens is 3. The minimum Gasteiger partial charge on any atom is -0.362 e. The van der Waals surface area contributed by atoms with E-state index in [1.807, 2.05) is 43.3 Å². The second-order valence-corrected chi connectivity index (χ2v) is 8.21. The van der Waals surface area contributed by atoms with Crippen molar-refractivity contribution in [3.8, 4) is 0 Å². The zero-order valence-electron chi connectivity index (χ0n) is 17.1. The van der Waals surface area contributed by atoms with Crippen LogP contribution in [0.15, 0.2) is 42.6 Å². The Hall–Kier alpha value is -2.93. The molecule has 0 aliphatic heterocycles. The van der Waals surface area contributed by atoms with Gasteiger partial charge in [-0.25, -0.2) is 9.97 Å². The fraction of sp³-hybridized carbons (Fsp3) is 0.364. The molecule has 0 unspecified atom stereocenters. The van der Waals surface area contributed by atoms with Crippen molar-refractivity contribution in [2.24, 2.45) is 0 Å². The Morgan fingerprint density at radius 1 is 1.03 bits per heavy atom. The molecule has 156 valence electrons. The van der Waals surface area contributed by atoms with Crippen molar-refractivity contribution in [2.45, 2.75) is 37.8 Å². The van der Waals surface area contributed by atoms with Gasteiger partial charge in [0.2, 0.25) is 5.95 Å². The molecule has 0 saturated heterocycles. The molecule has 30 heavy (non-hydrogen) atoms. The van der Waals surface area contributed by atoms with Gasteiger partial charge in [0.05, 0.1) is 11.1 Å². The normalized spacial score (nSPS) is 18.8. The molecule has 0 bridgehead atoms. The fourth-order valence-electron chi connectivity index (χ4n) is 3.81. The first-order chi connectivity index (χ1) is 14.5. The lowest BCUT2D eigenvalue weighted by molar-refractivity contribution is 0.0926. The van der Waals surface area contributed by atoms with Crippen LogP contribution in [0.5, 0.6) is 0 Å². The molecule has 3 aromatic rings. The van der Waals surface area contributed by atoms with Gasteiger partial charge in [-0.05, 0) is 49.9 Å². The molecule has 7 nitrogen and oxygen atoms in total. The average Bonchev–Trinajstić information content (AvgIpc) is 2.75. The summed E-state index contributed by atoms with van der Waals surface area (Å²) >= 11 is 5.79. The van der Waals surface area contributed by atoms with Crippen molar-refractivity contribution in [3.63, 3.8) is 0 Å². The molecule has 0 radical (unpaired) electrons. The van der Waals surface area contributed by atoms with E-state index in [9.17, 15) is 4.79 Å². The van der Waals surface area contributed by atoms with Crippen LogP contribution in [0.4, 0.5) is 11.8 Å². The average molecular weight is 425 g/mol. The van der Waals surface area contributed by atoms with Crippen LogP contribution in [0.3, 0.4) is 0 Å². The third-order valence-corrected chi connectivity index (χ3v) is 5.62. The molecular weight excluding hydrogens is 400 g/mol. The van der Waals surface area contributed by atoms with E-state index in [-0.39, 0.29) is 18.0 Å². The van der Waals surface area contributed by atoms with Crippen molar-refractivity contribution in [2.75, 3.05) is 24.3 Å². The van der Waals surface area contributed by atoms with Crippen molar-refractivity contribution >= 4 is 40.2 Å². The monoisotopic (exact) mass is 424 g/mol. The van der Waals surface area contributed by atoms with E-state index >= 15 is 0 Å². The number of benzene rings is 1. The maximum atomic E-state index is 12.4. The summed E-state index contributed by atoms with van der Waals surface area (Å²) in [4.78, 5) is 27.8. The van der Waals surface area contributed by atoms with Crippen molar-refractivity contribution in [1.82, 2.24) is 20.3 Å². The number of hydrogen-bond donors (Lipinski definition) is 2. The van der Waals surface area contributed by atoms with Crippen LogP contribution in [-0.4, -0.2) is 47.0 Å². The molecule has 8 heteroatoms. The number of nitrogens with one attached hydrogen (secondary N) is 2. The van der Waals surface area contributed by atoms with E-state index in [1.165, 1.54) is 6.20 Å². The lowest BCUT2D eigenvalue weighted by atomic mass is 9.91. The minimum atomic E-state index is -0.107. The Morgan fingerprint density at radius 3 is 2.47 bits per heavy atom. The zero-order valence-corrected chi connectivity index (χ0v) is 17.9. The van der Waals surface area contributed by atoms with Crippen molar-refractivity contribution in [3.05, 3.63) is 53.3 Å². The summed E-state index contributed by atoms with van der Waals surface area (Å²) in [5, 5.41) is 8.01. The number of carbonyl (C=O) groups is 1. The second kappa shape index (κ2) is 8.83. The van der Waals surface area contributed by atoms with E-state index in [1.54, 1.807) is 12.1 Å². The molecular formula is C22H25ClN6O. The molecule has 2 aromatic heterocycles. The summed E-state index contributed by atoms with van der Waals surface area (Å²) in [6.45, 7) is 0. The van der Waals surface area contributed by atoms with Crippen LogP contribution in [0, 0.1) is 0 Å². The van der Waals surface area contributed by atoms with Crippen LogP contribution >= 0.6 is 11.6 Å². The Labute approximate surface area is 180 Å². The second-order valence-electron chi connectivity index (χ2n) is 7.82. The van der Waals surface area contributed by atoms with Gasteiger partial charge in [0, 0.05) is 37.8 Å². The third kappa shape index (κ3) is 4.62. The van der Waals surface area contributed by atoms with Gasteiger partial charge in [0.1, 0.15) is 11.0 Å². The molecule has 2 heterocycles. The quantitative estimate of drug-likeness (QED) is 0.604. The molecule has 1 amide bonds. The number of nitrogens with zero attached hydrogens (tertiary/aromatic N) is 4. The van der Waals surface area contributed by atoms with Crippen LogP contribution < -0.4 is 15.5 Å². The van der Waals surface area contributed by atoms with Crippen LogP contribution in [0.2, 0.25) is 5.15 Å². The Bertz CT molecular complexity index is 1030. The number of anilines is 2. The van der Waals surface area contributed by atoms with E-state index in [0.29, 0.717) is 16.7 Å². The van der Waals surface area contributed by atoms with Gasteiger partial charge in [0.25, 0.3) is 5.91 Å². The van der Waals surface area contributed by atoms with Crippen LogP contribution in [0.1, 0.15) is 36.0 Å². The molecule has 2 N–H and O–H groups in total. The molecule has 1 saturated carbocycles. The standard InChI is InChI=1S/C22H25ClN6O/c1-29(2)20-17-5-3-4-6-18(17)27-22(28-20)26-16-10-8-15(9-11-16)25-21(30)14-7-12-19(23)24-13-14/h3-7,12-13,15-16H,8-11H2,1-2H3,(H,25,30)(H,26,27,28)/t15-,16+. The number of carbonyl (C=O) groups excluding carboxylic acids is 1. The van der Waals surface area contributed by atoms with Crippen LogP contribution in [-0.2, 0) is 0 Å². The number of para-hydroxylation sites is 1. The Balaban J connectivity index is 1.37. The lowest BCUT2D eigenvalue weighted by Gasteiger charge is -2.30. The number of hydrogen-bond acceptors (Lipinski definition) is 6. The Kier molecular flexibility index (Phi) is 5.99. The third-order valence-electron chi connectivity index (χ3n) is 5.39. The molecule has 1 aliphatic rings. The molecule has 1 aromatic carbocycles. The van der Waals surface area contributed by atoms with E-state index in [2.05, 4.69) is 15.6 Å². The summed E-state index contributed by atoms with van der Waals surface area (Å²) in [5.74, 6) is 1.45. The summed E-state index contributed by atoms with van der Waals surface area (Å²) in [5.41, 5.74) is 1.46. The first-order valence-corrected chi connectivity index (χ1v) is 10.5. The van der Waals surface area contributed by atoms with Crippen molar-refractivity contribution in [1.29, 1.82) is 0 Å². The first-order valence-electron chi connectivity index (χ1n) is 10.1. The smallest absolute Gasteiger partial charge is 0.253 e. The SMILES string of the molecule is CN(C)c1nc(N[C@H]2CC[C@@H](NC(=O)c3ccc(Cl)nc3)CC2)nc2ccccc12. The maximum absolute atomic E-state index is 12.4. The van der Waals surface area contributed by atoms with Crippen molar-refractivity contribution < 1.29 is 4.79 Å². The van der Waals surface area contributed by atoms with E-state index in [4.69, 9.17) is 21.6 Å². The number of rotatable bonds is 5. The van der Waals surface area contributed by atoms with Gasteiger partial charge in [-0.2, -0.15) is 4.98 Å². The summed E-state index contributed by atoms with van der Waals surface area (Å²) in [6.07, 6.45) is 5.19. The van der Waals surface area contributed by atoms with E-state index < -0.39 is 0 Å². The minimum absolute atomic E-state index is 0.107. The highest BCUT2D eigenvalue weighted by atomic mass is 35.5. The fourth-order valence-corrected chi connectivity index (χ4v) is 3.92. The lowest BCUT2D eigenvalue weighted by Crippen LogP contribution is -2.40. The highest BCUT2D eigenvalue weighted by molar-refractivity contribution is 6.29. The van der Waals surface area contributed by atoms with Gasteiger partial charge in [-0.1, -0.05) is 23.7 Å². The molecule has 4 rings (SSSR count). The largest absolute Gasteiger partial charge is 0.362 e. The summed E-state index contributed by atoms with van der Waals surface area (Å²) in [7, 11) is 3.98. The molecule has 1 aliphatic carbocycles. The molecule has 0 spiro atoms. The topological polar surface area (TPSA) is 83.0 Å². The first kappa shape index (κ1) is 20.3. The predicted octanol–water partition coefficient (Wildman–Crippen LogP) is 3.90. The zero-order chi connectivity index (χ0) is 21.1. The summed E-state index contributed by atoms with van der Waals surface area (Å²) in [6, 6.07) is 11.8. The maximum Gasteiger partial charge on any atom is 0.253 e.